The van der Waals surface area contributed by atoms with E-state index in [1.807, 2.05) is 30.3 Å². The predicted molar refractivity (Wildman–Crippen MR) is 81.9 cm³/mol. The summed E-state index contributed by atoms with van der Waals surface area (Å²) in [7, 11) is 0. The van der Waals surface area contributed by atoms with Gasteiger partial charge in [0, 0.05) is 17.8 Å². The van der Waals surface area contributed by atoms with Crippen molar-refractivity contribution in [2.75, 3.05) is 26.2 Å². The molecule has 0 aliphatic heterocycles. The van der Waals surface area contributed by atoms with Gasteiger partial charge in [-0.05, 0) is 30.6 Å². The zero-order chi connectivity index (χ0) is 13.7. The number of benzene rings is 1. The first-order valence-corrected chi connectivity index (χ1v) is 7.55. The molecule has 0 saturated carbocycles. The van der Waals surface area contributed by atoms with Gasteiger partial charge in [0.15, 0.2) is 0 Å². The van der Waals surface area contributed by atoms with Crippen molar-refractivity contribution in [3.8, 4) is 0 Å². The summed E-state index contributed by atoms with van der Waals surface area (Å²) in [4.78, 5) is 15.1. The molecule has 0 bridgehead atoms. The summed E-state index contributed by atoms with van der Waals surface area (Å²) in [6, 6.07) is 10.1. The Labute approximate surface area is 118 Å². The van der Waals surface area contributed by atoms with E-state index in [9.17, 15) is 4.79 Å². The molecule has 0 aliphatic carbocycles. The SMILES string of the molecule is CCN(CC)CCNC(=O)c1cc2ccccc2s1. The number of carbonyl (C=O) groups excluding carboxylic acids is 1. The smallest absolute Gasteiger partial charge is 0.261 e. The van der Waals surface area contributed by atoms with E-state index in [2.05, 4.69) is 24.1 Å². The number of hydrogen-bond acceptors (Lipinski definition) is 3. The molecule has 0 spiro atoms. The van der Waals surface area contributed by atoms with Crippen LogP contribution in [0.1, 0.15) is 23.5 Å². The molecule has 2 rings (SSSR count). The second-order valence-corrected chi connectivity index (χ2v) is 5.52. The van der Waals surface area contributed by atoms with Crippen molar-refractivity contribution in [2.24, 2.45) is 0 Å². The number of rotatable bonds is 6. The van der Waals surface area contributed by atoms with Gasteiger partial charge in [0.25, 0.3) is 5.91 Å². The molecule has 0 fully saturated rings. The zero-order valence-electron chi connectivity index (χ0n) is 11.5. The van der Waals surface area contributed by atoms with Gasteiger partial charge in [0.2, 0.25) is 0 Å². The summed E-state index contributed by atoms with van der Waals surface area (Å²) in [6.45, 7) is 7.93. The van der Waals surface area contributed by atoms with Crippen molar-refractivity contribution in [1.29, 1.82) is 0 Å². The molecule has 1 aromatic carbocycles. The minimum atomic E-state index is 0.0355. The van der Waals surface area contributed by atoms with Crippen molar-refractivity contribution < 1.29 is 4.79 Å². The number of amides is 1. The third-order valence-electron chi connectivity index (χ3n) is 3.26. The zero-order valence-corrected chi connectivity index (χ0v) is 12.3. The van der Waals surface area contributed by atoms with Gasteiger partial charge in [-0.1, -0.05) is 32.0 Å². The lowest BCUT2D eigenvalue weighted by Gasteiger charge is -2.17. The van der Waals surface area contributed by atoms with Crippen molar-refractivity contribution in [2.45, 2.75) is 13.8 Å². The number of nitrogens with zero attached hydrogens (tertiary/aromatic N) is 1. The Bertz CT molecular complexity index is 513. The fourth-order valence-electron chi connectivity index (χ4n) is 2.05. The van der Waals surface area contributed by atoms with Crippen LogP contribution in [0.25, 0.3) is 10.1 Å². The average Bonchev–Trinajstić information content (AvgIpc) is 2.87. The van der Waals surface area contributed by atoms with Crippen LogP contribution in [0.2, 0.25) is 0 Å². The average molecular weight is 276 g/mol. The molecule has 19 heavy (non-hydrogen) atoms. The summed E-state index contributed by atoms with van der Waals surface area (Å²) in [5.41, 5.74) is 0. The van der Waals surface area contributed by atoms with Crippen LogP contribution in [-0.2, 0) is 0 Å². The molecule has 0 atom stereocenters. The normalized spacial score (nSPS) is 11.1. The van der Waals surface area contributed by atoms with Gasteiger partial charge < -0.3 is 10.2 Å². The standard InChI is InChI=1S/C15H20N2OS/c1-3-17(4-2)10-9-16-15(18)14-11-12-7-5-6-8-13(12)19-14/h5-8,11H,3-4,9-10H2,1-2H3,(H,16,18). The van der Waals surface area contributed by atoms with Gasteiger partial charge in [-0.3, -0.25) is 4.79 Å². The van der Waals surface area contributed by atoms with E-state index >= 15 is 0 Å². The number of fused-ring (bicyclic) bond motifs is 1. The van der Waals surface area contributed by atoms with Gasteiger partial charge in [-0.2, -0.15) is 0 Å². The first-order valence-electron chi connectivity index (χ1n) is 6.73. The highest BCUT2D eigenvalue weighted by atomic mass is 32.1. The molecule has 0 saturated heterocycles. The Morgan fingerprint density at radius 1 is 1.26 bits per heavy atom. The molecule has 4 heteroatoms. The molecule has 1 aromatic heterocycles. The fraction of sp³-hybridized carbons (Fsp3) is 0.400. The molecule has 1 amide bonds. The summed E-state index contributed by atoms with van der Waals surface area (Å²) in [6.07, 6.45) is 0. The lowest BCUT2D eigenvalue weighted by Crippen LogP contribution is -2.34. The number of carbonyl (C=O) groups is 1. The molecule has 1 heterocycles. The summed E-state index contributed by atoms with van der Waals surface area (Å²) in [5.74, 6) is 0.0355. The van der Waals surface area contributed by atoms with Crippen LogP contribution >= 0.6 is 11.3 Å². The van der Waals surface area contributed by atoms with Crippen LogP contribution in [0.15, 0.2) is 30.3 Å². The van der Waals surface area contributed by atoms with Crippen molar-refractivity contribution >= 4 is 27.3 Å². The maximum absolute atomic E-state index is 12.1. The van der Waals surface area contributed by atoms with E-state index in [1.54, 1.807) is 11.3 Å². The molecular formula is C15H20N2OS. The van der Waals surface area contributed by atoms with E-state index in [1.165, 1.54) is 0 Å². The largest absolute Gasteiger partial charge is 0.350 e. The van der Waals surface area contributed by atoms with Gasteiger partial charge in [-0.25, -0.2) is 0 Å². The van der Waals surface area contributed by atoms with Crippen molar-refractivity contribution in [3.05, 3.63) is 35.2 Å². The molecule has 0 unspecified atom stereocenters. The topological polar surface area (TPSA) is 32.3 Å². The molecule has 0 radical (unpaired) electrons. The number of nitrogens with one attached hydrogen (secondary N) is 1. The van der Waals surface area contributed by atoms with E-state index in [-0.39, 0.29) is 5.91 Å². The maximum Gasteiger partial charge on any atom is 0.261 e. The third kappa shape index (κ3) is 3.55. The Morgan fingerprint density at radius 2 is 2.00 bits per heavy atom. The van der Waals surface area contributed by atoms with E-state index in [4.69, 9.17) is 0 Å². The van der Waals surface area contributed by atoms with Gasteiger partial charge in [-0.15, -0.1) is 11.3 Å². The van der Waals surface area contributed by atoms with Crippen LogP contribution in [0.3, 0.4) is 0 Å². The Kier molecular flexibility index (Phi) is 4.93. The number of hydrogen-bond donors (Lipinski definition) is 1. The van der Waals surface area contributed by atoms with Crippen LogP contribution in [0.5, 0.6) is 0 Å². The highest BCUT2D eigenvalue weighted by Gasteiger charge is 2.09. The summed E-state index contributed by atoms with van der Waals surface area (Å²) >= 11 is 1.55. The van der Waals surface area contributed by atoms with Gasteiger partial charge in [0.05, 0.1) is 4.88 Å². The third-order valence-corrected chi connectivity index (χ3v) is 4.37. The predicted octanol–water partition coefficient (Wildman–Crippen LogP) is 2.97. The maximum atomic E-state index is 12.1. The molecule has 1 N–H and O–H groups in total. The number of thiophene rings is 1. The summed E-state index contributed by atoms with van der Waals surface area (Å²) in [5, 5.41) is 4.13. The highest BCUT2D eigenvalue weighted by Crippen LogP contribution is 2.24. The first-order chi connectivity index (χ1) is 9.24. The Balaban J connectivity index is 1.92. The monoisotopic (exact) mass is 276 g/mol. The first kappa shape index (κ1) is 14.0. The van der Waals surface area contributed by atoms with E-state index in [0.717, 1.165) is 34.6 Å². The van der Waals surface area contributed by atoms with Crippen LogP contribution in [-0.4, -0.2) is 37.0 Å². The lowest BCUT2D eigenvalue weighted by atomic mass is 10.2. The lowest BCUT2D eigenvalue weighted by molar-refractivity contribution is 0.0953. The summed E-state index contributed by atoms with van der Waals surface area (Å²) < 4.78 is 1.16. The molecule has 3 nitrogen and oxygen atoms in total. The minimum absolute atomic E-state index is 0.0355. The second-order valence-electron chi connectivity index (χ2n) is 4.43. The van der Waals surface area contributed by atoms with Gasteiger partial charge >= 0.3 is 0 Å². The van der Waals surface area contributed by atoms with Crippen LogP contribution in [0, 0.1) is 0 Å². The van der Waals surface area contributed by atoms with Crippen LogP contribution in [0.4, 0.5) is 0 Å². The minimum Gasteiger partial charge on any atom is -0.350 e. The van der Waals surface area contributed by atoms with Crippen molar-refractivity contribution in [3.63, 3.8) is 0 Å². The van der Waals surface area contributed by atoms with Crippen molar-refractivity contribution in [1.82, 2.24) is 10.2 Å². The molecule has 0 aliphatic rings. The fourth-order valence-corrected chi connectivity index (χ4v) is 3.03. The second kappa shape index (κ2) is 6.68. The Morgan fingerprint density at radius 3 is 2.68 bits per heavy atom. The molecular weight excluding hydrogens is 256 g/mol. The van der Waals surface area contributed by atoms with Crippen LogP contribution < -0.4 is 5.32 Å². The van der Waals surface area contributed by atoms with Gasteiger partial charge in [0.1, 0.15) is 0 Å². The van der Waals surface area contributed by atoms with E-state index in [0.29, 0.717) is 6.54 Å². The quantitative estimate of drug-likeness (QED) is 0.879. The Hall–Kier alpha value is -1.39. The molecule has 2 aromatic rings. The van der Waals surface area contributed by atoms with E-state index < -0.39 is 0 Å². The molecule has 102 valence electrons. The highest BCUT2D eigenvalue weighted by molar-refractivity contribution is 7.20. The number of likely N-dealkylation sites (N-methyl/N-ethyl adjacent to an activating group) is 1.